The molecule has 0 saturated heterocycles. The number of allylic oxidation sites excluding steroid dienone is 2. The summed E-state index contributed by atoms with van der Waals surface area (Å²) < 4.78 is 12.9. The van der Waals surface area contributed by atoms with E-state index in [2.05, 4.69) is 13.8 Å². The fourth-order valence-electron chi connectivity index (χ4n) is 3.34. The van der Waals surface area contributed by atoms with Gasteiger partial charge in [0.1, 0.15) is 5.75 Å². The molecule has 0 radical (unpaired) electrons. The van der Waals surface area contributed by atoms with Crippen molar-refractivity contribution in [1.29, 1.82) is 0 Å². The number of carbonyl (C=O) groups excluding carboxylic acids is 1. The summed E-state index contributed by atoms with van der Waals surface area (Å²) >= 11 is 0. The second kappa shape index (κ2) is 9.09. The van der Waals surface area contributed by atoms with Crippen LogP contribution in [0, 0.1) is 12.8 Å². The van der Waals surface area contributed by atoms with E-state index in [-0.39, 0.29) is 12.0 Å². The summed E-state index contributed by atoms with van der Waals surface area (Å²) in [7, 11) is 0. The van der Waals surface area contributed by atoms with E-state index in [1.165, 1.54) is 0 Å². The van der Waals surface area contributed by atoms with Crippen LogP contribution in [0.5, 0.6) is 5.75 Å². The minimum atomic E-state index is -1.04. The average Bonchev–Trinajstić information content (AvgIpc) is 3.02. The van der Waals surface area contributed by atoms with Crippen LogP contribution in [0.25, 0.3) is 10.9 Å². The lowest BCUT2D eigenvalue weighted by atomic mass is 10.0. The van der Waals surface area contributed by atoms with Crippen LogP contribution >= 0.6 is 0 Å². The molecule has 29 heavy (non-hydrogen) atoms. The normalized spacial score (nSPS) is 16.3. The van der Waals surface area contributed by atoms with Crippen molar-refractivity contribution in [3.63, 3.8) is 0 Å². The first-order chi connectivity index (χ1) is 13.9. The number of aryl methyl sites for hydroxylation is 1. The predicted octanol–water partition coefficient (Wildman–Crippen LogP) is 4.37. The number of carboxylic acid groups (broad SMARTS) is 1. The highest BCUT2D eigenvalue weighted by Crippen LogP contribution is 2.30. The molecular weight excluding hydrogens is 370 g/mol. The quantitative estimate of drug-likeness (QED) is 0.716. The predicted molar refractivity (Wildman–Crippen MR) is 111 cm³/mol. The number of hydrogen-bond acceptors (Lipinski definition) is 4. The maximum Gasteiger partial charge on any atom is 0.341 e. The molecule has 1 aromatic heterocycles. The van der Waals surface area contributed by atoms with Crippen LogP contribution in [-0.2, 0) is 9.53 Å². The van der Waals surface area contributed by atoms with Gasteiger partial charge in [-0.3, -0.25) is 9.36 Å². The van der Waals surface area contributed by atoms with Gasteiger partial charge in [0.15, 0.2) is 6.61 Å². The summed E-state index contributed by atoms with van der Waals surface area (Å²) in [6.07, 6.45) is 7.36. The highest BCUT2D eigenvalue weighted by molar-refractivity contribution is 6.05. The van der Waals surface area contributed by atoms with Gasteiger partial charge in [0, 0.05) is 23.3 Å². The molecule has 2 aromatic rings. The first kappa shape index (κ1) is 20.9. The Morgan fingerprint density at radius 1 is 1.31 bits per heavy atom. The lowest BCUT2D eigenvalue weighted by Crippen LogP contribution is -2.19. The summed E-state index contributed by atoms with van der Waals surface area (Å²) in [6, 6.07) is 7.14. The first-order valence-electron chi connectivity index (χ1n) is 9.87. The van der Waals surface area contributed by atoms with Crippen LogP contribution in [-0.4, -0.2) is 40.9 Å². The van der Waals surface area contributed by atoms with Crippen LogP contribution in [0.3, 0.4) is 0 Å². The number of hydrogen-bond donors (Lipinski definition) is 1. The molecule has 0 spiro atoms. The Bertz CT molecular complexity index is 967. The number of carbonyl (C=O) groups is 2. The van der Waals surface area contributed by atoms with Crippen molar-refractivity contribution in [2.24, 2.45) is 5.92 Å². The summed E-state index contributed by atoms with van der Waals surface area (Å²) in [5.74, 6) is -0.113. The average molecular weight is 397 g/mol. The number of ether oxygens (including phenoxy) is 2. The van der Waals surface area contributed by atoms with Crippen molar-refractivity contribution < 1.29 is 24.2 Å². The Morgan fingerprint density at radius 2 is 2.10 bits per heavy atom. The maximum atomic E-state index is 13.2. The largest absolute Gasteiger partial charge is 0.481 e. The van der Waals surface area contributed by atoms with Crippen LogP contribution in [0.1, 0.15) is 37.2 Å². The van der Waals surface area contributed by atoms with Crippen LogP contribution in [0.2, 0.25) is 0 Å². The standard InChI is InChI=1S/C23H27NO5/c1-15(2)11-12-28-18-9-7-17(8-10-18)23(27)24-16(3)13-19-20(24)5-4-6-21(19)29-14-22(25)26/h4-9,13,15,18H,10-12,14H2,1-3H3,(H,25,26). The lowest BCUT2D eigenvalue weighted by molar-refractivity contribution is -0.139. The Hall–Kier alpha value is -2.86. The van der Waals surface area contributed by atoms with Gasteiger partial charge in [-0.05, 0) is 43.9 Å². The monoisotopic (exact) mass is 397 g/mol. The van der Waals surface area contributed by atoms with Crippen LogP contribution in [0.4, 0.5) is 0 Å². The van der Waals surface area contributed by atoms with E-state index in [1.807, 2.05) is 37.3 Å². The van der Waals surface area contributed by atoms with E-state index < -0.39 is 12.6 Å². The lowest BCUT2D eigenvalue weighted by Gasteiger charge is -2.18. The molecule has 1 unspecified atom stereocenters. The molecule has 1 aliphatic carbocycles. The number of fused-ring (bicyclic) bond motifs is 1. The second-order valence-corrected chi connectivity index (χ2v) is 7.64. The van der Waals surface area contributed by atoms with E-state index >= 15 is 0 Å². The number of nitrogens with zero attached hydrogens (tertiary/aromatic N) is 1. The third-order valence-electron chi connectivity index (χ3n) is 4.88. The molecule has 1 N–H and O–H groups in total. The molecule has 1 aromatic carbocycles. The van der Waals surface area contributed by atoms with Crippen molar-refractivity contribution in [2.75, 3.05) is 13.2 Å². The molecule has 0 amide bonds. The van der Waals surface area contributed by atoms with E-state index in [9.17, 15) is 9.59 Å². The fourth-order valence-corrected chi connectivity index (χ4v) is 3.34. The van der Waals surface area contributed by atoms with Crippen molar-refractivity contribution >= 4 is 22.8 Å². The number of carboxylic acids is 1. The Balaban J connectivity index is 1.77. The minimum Gasteiger partial charge on any atom is -0.481 e. The van der Waals surface area contributed by atoms with E-state index in [0.29, 0.717) is 35.8 Å². The number of aliphatic carboxylic acids is 1. The van der Waals surface area contributed by atoms with E-state index in [0.717, 1.165) is 17.5 Å². The number of aromatic nitrogens is 1. The summed E-state index contributed by atoms with van der Waals surface area (Å²) in [4.78, 5) is 24.0. The molecule has 0 aliphatic heterocycles. The highest BCUT2D eigenvalue weighted by Gasteiger charge is 2.20. The van der Waals surface area contributed by atoms with Gasteiger partial charge in [-0.1, -0.05) is 38.1 Å². The maximum absolute atomic E-state index is 13.2. The first-order valence-corrected chi connectivity index (χ1v) is 9.87. The minimum absolute atomic E-state index is 0.00354. The van der Waals surface area contributed by atoms with Crippen molar-refractivity contribution in [3.8, 4) is 5.75 Å². The van der Waals surface area contributed by atoms with Gasteiger partial charge < -0.3 is 14.6 Å². The molecule has 154 valence electrons. The number of rotatable bonds is 8. The molecule has 6 heteroatoms. The zero-order valence-electron chi connectivity index (χ0n) is 17.1. The van der Waals surface area contributed by atoms with Crippen LogP contribution in [0.15, 0.2) is 48.1 Å². The molecule has 0 bridgehead atoms. The molecule has 3 rings (SSSR count). The van der Waals surface area contributed by atoms with Gasteiger partial charge in [0.2, 0.25) is 0 Å². The zero-order valence-corrected chi connectivity index (χ0v) is 17.1. The van der Waals surface area contributed by atoms with E-state index in [1.54, 1.807) is 16.7 Å². The van der Waals surface area contributed by atoms with Crippen molar-refractivity contribution in [2.45, 2.75) is 39.7 Å². The van der Waals surface area contributed by atoms with E-state index in [4.69, 9.17) is 14.6 Å². The smallest absolute Gasteiger partial charge is 0.341 e. The zero-order chi connectivity index (χ0) is 21.0. The van der Waals surface area contributed by atoms with Gasteiger partial charge >= 0.3 is 5.97 Å². The molecular formula is C23H27NO5. The van der Waals surface area contributed by atoms with Gasteiger partial charge in [-0.15, -0.1) is 0 Å². The summed E-state index contributed by atoms with van der Waals surface area (Å²) in [6.45, 7) is 6.47. The summed E-state index contributed by atoms with van der Waals surface area (Å²) in [5.41, 5.74) is 2.08. The SMILES string of the molecule is Cc1cc2c(OCC(=O)O)cccc2n1C(=O)C1=CCC(OCCC(C)C)C=C1. The molecule has 1 heterocycles. The van der Waals surface area contributed by atoms with Gasteiger partial charge in [0.05, 0.1) is 11.6 Å². The van der Waals surface area contributed by atoms with Crippen molar-refractivity contribution in [3.05, 3.63) is 53.8 Å². The fraction of sp³-hybridized carbons (Fsp3) is 0.391. The van der Waals surface area contributed by atoms with Crippen LogP contribution < -0.4 is 4.74 Å². The van der Waals surface area contributed by atoms with Crippen molar-refractivity contribution in [1.82, 2.24) is 4.57 Å². The topological polar surface area (TPSA) is 77.8 Å². The summed E-state index contributed by atoms with van der Waals surface area (Å²) in [5, 5.41) is 9.58. The molecule has 0 saturated carbocycles. The molecule has 1 atom stereocenters. The van der Waals surface area contributed by atoms with Gasteiger partial charge in [0.25, 0.3) is 5.91 Å². The van der Waals surface area contributed by atoms with Gasteiger partial charge in [-0.2, -0.15) is 0 Å². The van der Waals surface area contributed by atoms with Gasteiger partial charge in [-0.25, -0.2) is 4.79 Å². The number of benzene rings is 1. The second-order valence-electron chi connectivity index (χ2n) is 7.64. The molecule has 1 aliphatic rings. The Kier molecular flexibility index (Phi) is 6.54. The Labute approximate surface area is 170 Å². The third kappa shape index (κ3) is 4.95. The Morgan fingerprint density at radius 3 is 2.76 bits per heavy atom. The highest BCUT2D eigenvalue weighted by atomic mass is 16.5. The third-order valence-corrected chi connectivity index (χ3v) is 4.88. The molecule has 6 nitrogen and oxygen atoms in total. The molecule has 0 fully saturated rings.